The van der Waals surface area contributed by atoms with Crippen LogP contribution in [0.25, 0.3) is 0 Å². The molecule has 2 aromatic carbocycles. The highest BCUT2D eigenvalue weighted by molar-refractivity contribution is 5.42. The van der Waals surface area contributed by atoms with Crippen molar-refractivity contribution in [2.45, 2.75) is 39.7 Å². The molecule has 0 spiro atoms. The molecule has 2 rings (SSSR count). The maximum absolute atomic E-state index is 6.44. The quantitative estimate of drug-likeness (QED) is 0.857. The number of aryl methyl sites for hydroxylation is 2. The molecule has 2 aromatic rings. The number of hydrogen-bond donors (Lipinski definition) is 1. The molecule has 1 unspecified atom stereocenters. The predicted octanol–water partition coefficient (Wildman–Crippen LogP) is 4.47. The molecule has 0 saturated carbocycles. The van der Waals surface area contributed by atoms with E-state index in [0.29, 0.717) is 5.92 Å². The van der Waals surface area contributed by atoms with Crippen molar-refractivity contribution < 1.29 is 0 Å². The molecule has 19 heavy (non-hydrogen) atoms. The Hall–Kier alpha value is -1.60. The summed E-state index contributed by atoms with van der Waals surface area (Å²) in [5.41, 5.74) is 12.8. The summed E-state index contributed by atoms with van der Waals surface area (Å²) in [6.45, 7) is 8.68. The number of benzene rings is 2. The van der Waals surface area contributed by atoms with E-state index in [9.17, 15) is 0 Å². The van der Waals surface area contributed by atoms with E-state index in [2.05, 4.69) is 70.2 Å². The van der Waals surface area contributed by atoms with E-state index in [1.54, 1.807) is 0 Å². The monoisotopic (exact) mass is 253 g/mol. The van der Waals surface area contributed by atoms with Crippen LogP contribution in [0.15, 0.2) is 42.5 Å². The molecule has 100 valence electrons. The highest BCUT2D eigenvalue weighted by atomic mass is 14.6. The van der Waals surface area contributed by atoms with Gasteiger partial charge in [0.2, 0.25) is 0 Å². The first-order valence-corrected chi connectivity index (χ1v) is 6.92. The van der Waals surface area contributed by atoms with Crippen LogP contribution in [0.5, 0.6) is 0 Å². The fourth-order valence-corrected chi connectivity index (χ4v) is 2.57. The van der Waals surface area contributed by atoms with Crippen molar-refractivity contribution in [1.29, 1.82) is 0 Å². The van der Waals surface area contributed by atoms with Gasteiger partial charge in [-0.25, -0.2) is 0 Å². The van der Waals surface area contributed by atoms with Gasteiger partial charge in [-0.2, -0.15) is 0 Å². The van der Waals surface area contributed by atoms with Gasteiger partial charge in [0.15, 0.2) is 0 Å². The van der Waals surface area contributed by atoms with Crippen molar-refractivity contribution in [1.82, 2.24) is 0 Å². The van der Waals surface area contributed by atoms with Crippen molar-refractivity contribution in [3.63, 3.8) is 0 Å². The van der Waals surface area contributed by atoms with Crippen LogP contribution in [0.1, 0.15) is 53.6 Å². The Morgan fingerprint density at radius 2 is 1.26 bits per heavy atom. The lowest BCUT2D eigenvalue weighted by Crippen LogP contribution is -2.14. The van der Waals surface area contributed by atoms with Gasteiger partial charge >= 0.3 is 0 Å². The second-order valence-corrected chi connectivity index (χ2v) is 5.60. The minimum atomic E-state index is -0.0394. The SMILES string of the molecule is Cc1cccc(C)c1C(N)c1ccc(C(C)C)cc1. The molecule has 0 aliphatic carbocycles. The van der Waals surface area contributed by atoms with Gasteiger partial charge in [0.05, 0.1) is 6.04 Å². The normalized spacial score (nSPS) is 12.7. The third-order valence-electron chi connectivity index (χ3n) is 3.82. The number of rotatable bonds is 3. The van der Waals surface area contributed by atoms with Crippen LogP contribution < -0.4 is 5.73 Å². The average molecular weight is 253 g/mol. The highest BCUT2D eigenvalue weighted by Crippen LogP contribution is 2.26. The summed E-state index contributed by atoms with van der Waals surface area (Å²) in [6, 6.07) is 15.0. The molecule has 1 heteroatoms. The van der Waals surface area contributed by atoms with Gasteiger partial charge in [0.1, 0.15) is 0 Å². The zero-order valence-corrected chi connectivity index (χ0v) is 12.3. The summed E-state index contributed by atoms with van der Waals surface area (Å²) in [5.74, 6) is 0.561. The molecule has 0 aliphatic rings. The molecule has 0 amide bonds. The van der Waals surface area contributed by atoms with Crippen LogP contribution in [0.2, 0.25) is 0 Å². The molecular weight excluding hydrogens is 230 g/mol. The molecular formula is C18H23N. The summed E-state index contributed by atoms with van der Waals surface area (Å²) in [6.07, 6.45) is 0. The summed E-state index contributed by atoms with van der Waals surface area (Å²) in [5, 5.41) is 0. The predicted molar refractivity (Wildman–Crippen MR) is 82.5 cm³/mol. The van der Waals surface area contributed by atoms with E-state index in [1.807, 2.05) is 0 Å². The first kappa shape index (κ1) is 13.8. The lowest BCUT2D eigenvalue weighted by molar-refractivity contribution is 0.837. The molecule has 2 N–H and O–H groups in total. The fourth-order valence-electron chi connectivity index (χ4n) is 2.57. The lowest BCUT2D eigenvalue weighted by Gasteiger charge is -2.18. The smallest absolute Gasteiger partial charge is 0.0556 e. The molecule has 0 saturated heterocycles. The minimum absolute atomic E-state index is 0.0394. The zero-order valence-electron chi connectivity index (χ0n) is 12.3. The van der Waals surface area contributed by atoms with Crippen LogP contribution in [-0.4, -0.2) is 0 Å². The summed E-state index contributed by atoms with van der Waals surface area (Å²) in [4.78, 5) is 0. The van der Waals surface area contributed by atoms with Crippen molar-refractivity contribution in [2.75, 3.05) is 0 Å². The largest absolute Gasteiger partial charge is 0.320 e. The first-order valence-electron chi connectivity index (χ1n) is 6.92. The summed E-state index contributed by atoms with van der Waals surface area (Å²) >= 11 is 0. The van der Waals surface area contributed by atoms with E-state index >= 15 is 0 Å². The van der Waals surface area contributed by atoms with Crippen LogP contribution in [0.3, 0.4) is 0 Å². The Labute approximate surface area is 116 Å². The summed E-state index contributed by atoms with van der Waals surface area (Å²) in [7, 11) is 0. The summed E-state index contributed by atoms with van der Waals surface area (Å²) < 4.78 is 0. The second kappa shape index (κ2) is 5.58. The number of hydrogen-bond acceptors (Lipinski definition) is 1. The fraction of sp³-hybridized carbons (Fsp3) is 0.333. The van der Waals surface area contributed by atoms with E-state index < -0.39 is 0 Å². The average Bonchev–Trinajstić information content (AvgIpc) is 2.38. The Bertz CT molecular complexity index is 532. The van der Waals surface area contributed by atoms with Crippen LogP contribution in [0.4, 0.5) is 0 Å². The van der Waals surface area contributed by atoms with Gasteiger partial charge in [-0.15, -0.1) is 0 Å². The highest BCUT2D eigenvalue weighted by Gasteiger charge is 2.13. The van der Waals surface area contributed by atoms with Crippen molar-refractivity contribution in [3.8, 4) is 0 Å². The van der Waals surface area contributed by atoms with Gasteiger partial charge in [0.25, 0.3) is 0 Å². The molecule has 0 aromatic heterocycles. The van der Waals surface area contributed by atoms with Crippen molar-refractivity contribution in [3.05, 3.63) is 70.3 Å². The van der Waals surface area contributed by atoms with Crippen LogP contribution in [-0.2, 0) is 0 Å². The zero-order chi connectivity index (χ0) is 14.0. The van der Waals surface area contributed by atoms with E-state index in [-0.39, 0.29) is 6.04 Å². The van der Waals surface area contributed by atoms with E-state index in [0.717, 1.165) is 0 Å². The molecule has 0 fully saturated rings. The maximum Gasteiger partial charge on any atom is 0.0556 e. The minimum Gasteiger partial charge on any atom is -0.320 e. The van der Waals surface area contributed by atoms with Crippen molar-refractivity contribution in [2.24, 2.45) is 5.73 Å². The lowest BCUT2D eigenvalue weighted by atomic mass is 9.91. The Kier molecular flexibility index (Phi) is 4.06. The van der Waals surface area contributed by atoms with Crippen LogP contribution in [0, 0.1) is 13.8 Å². The molecule has 1 atom stereocenters. The Morgan fingerprint density at radius 1 is 0.789 bits per heavy atom. The van der Waals surface area contributed by atoms with E-state index in [1.165, 1.54) is 27.8 Å². The second-order valence-electron chi connectivity index (χ2n) is 5.60. The molecule has 1 nitrogen and oxygen atoms in total. The van der Waals surface area contributed by atoms with Crippen LogP contribution >= 0.6 is 0 Å². The molecule has 0 aliphatic heterocycles. The molecule has 0 bridgehead atoms. The molecule has 0 radical (unpaired) electrons. The van der Waals surface area contributed by atoms with Gasteiger partial charge in [-0.1, -0.05) is 56.3 Å². The topological polar surface area (TPSA) is 26.0 Å². The number of nitrogens with two attached hydrogens (primary N) is 1. The first-order chi connectivity index (χ1) is 9.00. The maximum atomic E-state index is 6.44. The van der Waals surface area contributed by atoms with Gasteiger partial charge < -0.3 is 5.73 Å². The third-order valence-corrected chi connectivity index (χ3v) is 3.82. The standard InChI is InChI=1S/C18H23N/c1-12(2)15-8-10-16(11-9-15)18(19)17-13(3)6-5-7-14(17)4/h5-12,18H,19H2,1-4H3. The van der Waals surface area contributed by atoms with Gasteiger partial charge in [0, 0.05) is 0 Å². The Morgan fingerprint density at radius 3 is 1.74 bits per heavy atom. The van der Waals surface area contributed by atoms with Gasteiger partial charge in [-0.3, -0.25) is 0 Å². The third kappa shape index (κ3) is 2.87. The Balaban J connectivity index is 2.36. The van der Waals surface area contributed by atoms with E-state index in [4.69, 9.17) is 5.73 Å². The van der Waals surface area contributed by atoms with Gasteiger partial charge in [-0.05, 0) is 47.6 Å². The molecule has 0 heterocycles. The van der Waals surface area contributed by atoms with Crippen molar-refractivity contribution >= 4 is 0 Å².